The summed E-state index contributed by atoms with van der Waals surface area (Å²) in [7, 11) is 2.17. The molecular weight excluding hydrogens is 236 g/mol. The predicted octanol–water partition coefficient (Wildman–Crippen LogP) is 1.75. The third-order valence-electron chi connectivity index (χ3n) is 3.47. The minimum Gasteiger partial charge on any atom is -0.352 e. The van der Waals surface area contributed by atoms with Crippen molar-refractivity contribution in [3.8, 4) is 0 Å². The summed E-state index contributed by atoms with van der Waals surface area (Å²) in [5.41, 5.74) is 0.995. The molecule has 0 saturated carbocycles. The van der Waals surface area contributed by atoms with Crippen LogP contribution in [0, 0.1) is 0 Å². The van der Waals surface area contributed by atoms with Crippen LogP contribution in [0.1, 0.15) is 19.5 Å². The van der Waals surface area contributed by atoms with Gasteiger partial charge in [0.2, 0.25) is 0 Å². The molecule has 1 saturated heterocycles. The van der Waals surface area contributed by atoms with E-state index in [1.54, 1.807) is 6.20 Å². The molecule has 4 nitrogen and oxygen atoms in total. The summed E-state index contributed by atoms with van der Waals surface area (Å²) in [5, 5.41) is 0. The number of alkyl halides is 1. The quantitative estimate of drug-likeness (QED) is 0.753. The van der Waals surface area contributed by atoms with E-state index in [-0.39, 0.29) is 5.54 Å². The molecule has 0 radical (unpaired) electrons. The summed E-state index contributed by atoms with van der Waals surface area (Å²) in [6.07, 6.45) is 3.58. The lowest BCUT2D eigenvalue weighted by molar-refractivity contribution is 0.138. The van der Waals surface area contributed by atoms with Gasteiger partial charge in [-0.15, -0.1) is 11.6 Å². The second-order valence-electron chi connectivity index (χ2n) is 5.16. The first-order valence-electron chi connectivity index (χ1n) is 5.86. The molecule has 2 rings (SSSR count). The number of piperazine rings is 1. The molecule has 1 aliphatic heterocycles. The largest absolute Gasteiger partial charge is 0.352 e. The van der Waals surface area contributed by atoms with Crippen LogP contribution in [-0.2, 0) is 5.88 Å². The van der Waals surface area contributed by atoms with E-state index in [1.807, 2.05) is 6.20 Å². The molecular formula is C12H19ClN4. The van der Waals surface area contributed by atoms with Crippen molar-refractivity contribution >= 4 is 17.4 Å². The molecule has 0 N–H and O–H groups in total. The molecule has 1 aliphatic rings. The second-order valence-corrected chi connectivity index (χ2v) is 5.42. The fourth-order valence-electron chi connectivity index (χ4n) is 2.02. The fraction of sp³-hybridized carbons (Fsp3) is 0.667. The van der Waals surface area contributed by atoms with Gasteiger partial charge >= 0.3 is 0 Å². The number of anilines is 1. The molecule has 5 heteroatoms. The Bertz CT molecular complexity index is 377. The highest BCUT2D eigenvalue weighted by atomic mass is 35.5. The van der Waals surface area contributed by atoms with Gasteiger partial charge in [-0.2, -0.15) is 0 Å². The molecule has 0 amide bonds. The minimum absolute atomic E-state index is 0.172. The lowest BCUT2D eigenvalue weighted by Gasteiger charge is -2.45. The first kappa shape index (κ1) is 12.6. The third-order valence-corrected chi connectivity index (χ3v) is 3.74. The number of aromatic nitrogens is 2. The summed E-state index contributed by atoms with van der Waals surface area (Å²) in [4.78, 5) is 13.4. The van der Waals surface area contributed by atoms with Crippen LogP contribution in [-0.4, -0.2) is 47.1 Å². The fourth-order valence-corrected chi connectivity index (χ4v) is 2.15. The molecule has 0 aliphatic carbocycles. The standard InChI is InChI=1S/C12H19ClN4/c1-12(2)9-17(5-4-16(12)3)11-8-14-10(6-13)7-15-11/h7-8H,4-6,9H2,1-3H3. The Morgan fingerprint density at radius 1 is 1.29 bits per heavy atom. The highest BCUT2D eigenvalue weighted by molar-refractivity contribution is 6.16. The maximum absolute atomic E-state index is 5.71. The van der Waals surface area contributed by atoms with Gasteiger partial charge in [-0.05, 0) is 20.9 Å². The molecule has 0 aromatic carbocycles. The number of hydrogen-bond acceptors (Lipinski definition) is 4. The topological polar surface area (TPSA) is 32.3 Å². The van der Waals surface area contributed by atoms with Crippen LogP contribution in [0.5, 0.6) is 0 Å². The zero-order valence-corrected chi connectivity index (χ0v) is 11.4. The monoisotopic (exact) mass is 254 g/mol. The normalized spacial score (nSPS) is 20.6. The van der Waals surface area contributed by atoms with Gasteiger partial charge in [0.1, 0.15) is 5.82 Å². The Labute approximate surface area is 108 Å². The Balaban J connectivity index is 2.12. The number of nitrogens with zero attached hydrogens (tertiary/aromatic N) is 4. The molecule has 2 heterocycles. The van der Waals surface area contributed by atoms with Crippen LogP contribution >= 0.6 is 11.6 Å². The lowest BCUT2D eigenvalue weighted by Crippen LogP contribution is -2.57. The van der Waals surface area contributed by atoms with Crippen LogP contribution in [0.4, 0.5) is 5.82 Å². The van der Waals surface area contributed by atoms with Crippen LogP contribution in [0.15, 0.2) is 12.4 Å². The summed E-state index contributed by atoms with van der Waals surface area (Å²) in [6, 6.07) is 0. The van der Waals surface area contributed by atoms with E-state index in [2.05, 4.69) is 40.7 Å². The molecule has 94 valence electrons. The number of likely N-dealkylation sites (N-methyl/N-ethyl adjacent to an activating group) is 1. The van der Waals surface area contributed by atoms with E-state index in [4.69, 9.17) is 11.6 Å². The van der Waals surface area contributed by atoms with Crippen molar-refractivity contribution in [3.63, 3.8) is 0 Å². The Morgan fingerprint density at radius 2 is 2.06 bits per heavy atom. The van der Waals surface area contributed by atoms with Gasteiger partial charge < -0.3 is 4.90 Å². The minimum atomic E-state index is 0.172. The van der Waals surface area contributed by atoms with E-state index < -0.39 is 0 Å². The van der Waals surface area contributed by atoms with Crippen molar-refractivity contribution < 1.29 is 0 Å². The highest BCUT2D eigenvalue weighted by Gasteiger charge is 2.31. The van der Waals surface area contributed by atoms with Gasteiger partial charge in [-0.3, -0.25) is 9.88 Å². The number of rotatable bonds is 2. The zero-order chi connectivity index (χ0) is 12.5. The lowest BCUT2D eigenvalue weighted by atomic mass is 10.00. The number of halogens is 1. The van der Waals surface area contributed by atoms with Crippen molar-refractivity contribution in [2.24, 2.45) is 0 Å². The first-order chi connectivity index (χ1) is 8.03. The summed E-state index contributed by atoms with van der Waals surface area (Å²) in [6.45, 7) is 7.51. The highest BCUT2D eigenvalue weighted by Crippen LogP contribution is 2.22. The van der Waals surface area contributed by atoms with Crippen LogP contribution in [0.25, 0.3) is 0 Å². The van der Waals surface area contributed by atoms with Crippen molar-refractivity contribution in [3.05, 3.63) is 18.1 Å². The maximum Gasteiger partial charge on any atom is 0.147 e. The molecule has 0 unspecified atom stereocenters. The van der Waals surface area contributed by atoms with Gasteiger partial charge in [0.25, 0.3) is 0 Å². The van der Waals surface area contributed by atoms with Crippen molar-refractivity contribution in [2.45, 2.75) is 25.3 Å². The molecule has 1 aromatic heterocycles. The average molecular weight is 255 g/mol. The molecule has 0 bridgehead atoms. The van der Waals surface area contributed by atoms with Crippen molar-refractivity contribution in [2.75, 3.05) is 31.6 Å². The zero-order valence-electron chi connectivity index (χ0n) is 10.6. The Hall–Kier alpha value is -0.870. The number of hydrogen-bond donors (Lipinski definition) is 0. The van der Waals surface area contributed by atoms with Gasteiger partial charge in [0, 0.05) is 25.2 Å². The Kier molecular flexibility index (Phi) is 3.54. The summed E-state index contributed by atoms with van der Waals surface area (Å²) in [5.74, 6) is 1.36. The van der Waals surface area contributed by atoms with Crippen LogP contribution < -0.4 is 4.90 Å². The van der Waals surface area contributed by atoms with Gasteiger partial charge in [0.05, 0.1) is 24.0 Å². The van der Waals surface area contributed by atoms with E-state index in [0.29, 0.717) is 5.88 Å². The predicted molar refractivity (Wildman–Crippen MR) is 70.5 cm³/mol. The third kappa shape index (κ3) is 2.69. The van der Waals surface area contributed by atoms with Crippen molar-refractivity contribution in [1.29, 1.82) is 0 Å². The van der Waals surface area contributed by atoms with E-state index in [0.717, 1.165) is 31.1 Å². The van der Waals surface area contributed by atoms with E-state index in [1.165, 1.54) is 0 Å². The maximum atomic E-state index is 5.71. The molecule has 1 aromatic rings. The molecule has 1 fully saturated rings. The van der Waals surface area contributed by atoms with Gasteiger partial charge in [-0.25, -0.2) is 4.98 Å². The smallest absolute Gasteiger partial charge is 0.147 e. The first-order valence-corrected chi connectivity index (χ1v) is 6.39. The summed E-state index contributed by atoms with van der Waals surface area (Å²) < 4.78 is 0. The molecule has 0 atom stereocenters. The Morgan fingerprint density at radius 3 is 2.59 bits per heavy atom. The van der Waals surface area contributed by atoms with Gasteiger partial charge in [-0.1, -0.05) is 0 Å². The van der Waals surface area contributed by atoms with Crippen molar-refractivity contribution in [1.82, 2.24) is 14.9 Å². The van der Waals surface area contributed by atoms with E-state index in [9.17, 15) is 0 Å². The molecule has 17 heavy (non-hydrogen) atoms. The second kappa shape index (κ2) is 4.78. The molecule has 0 spiro atoms. The SMILES string of the molecule is CN1CCN(c2cnc(CCl)cn2)CC1(C)C. The van der Waals surface area contributed by atoms with Gasteiger partial charge in [0.15, 0.2) is 0 Å². The van der Waals surface area contributed by atoms with Crippen LogP contribution in [0.3, 0.4) is 0 Å². The van der Waals surface area contributed by atoms with E-state index >= 15 is 0 Å². The van der Waals surface area contributed by atoms with Crippen LogP contribution in [0.2, 0.25) is 0 Å². The summed E-state index contributed by atoms with van der Waals surface area (Å²) >= 11 is 5.71. The average Bonchev–Trinajstić information content (AvgIpc) is 2.33.